The Morgan fingerprint density at radius 3 is 2.34 bits per heavy atom. The van der Waals surface area contributed by atoms with E-state index >= 15 is 0 Å². The number of rotatable bonds is 5. The maximum absolute atomic E-state index is 12.6. The van der Waals surface area contributed by atoms with Gasteiger partial charge in [0.1, 0.15) is 5.82 Å². The van der Waals surface area contributed by atoms with Crippen molar-refractivity contribution < 1.29 is 22.8 Å². The number of amides is 1. The number of pyridine rings is 1. The largest absolute Gasteiger partial charge is 0.417 e. The minimum Gasteiger partial charge on any atom is -0.354 e. The van der Waals surface area contributed by atoms with E-state index in [0.29, 0.717) is 43.2 Å². The summed E-state index contributed by atoms with van der Waals surface area (Å²) < 4.78 is 37.9. The summed E-state index contributed by atoms with van der Waals surface area (Å²) in [5.41, 5.74) is 0.166. The first-order chi connectivity index (χ1) is 13.7. The summed E-state index contributed by atoms with van der Waals surface area (Å²) in [6.07, 6.45) is -3.57. The van der Waals surface area contributed by atoms with E-state index in [-0.39, 0.29) is 18.2 Å². The molecule has 1 saturated heterocycles. The average molecular weight is 406 g/mol. The highest BCUT2D eigenvalue weighted by molar-refractivity contribution is 6.04. The first-order valence-electron chi connectivity index (χ1n) is 9.14. The maximum Gasteiger partial charge on any atom is 0.417 e. The third-order valence-corrected chi connectivity index (χ3v) is 4.72. The summed E-state index contributed by atoms with van der Waals surface area (Å²) in [5.74, 6) is 0.135. The number of hydrogen-bond acceptors (Lipinski definition) is 5. The second kappa shape index (κ2) is 8.60. The number of carbonyl (C=O) groups is 2. The van der Waals surface area contributed by atoms with Gasteiger partial charge in [0.05, 0.1) is 17.8 Å². The van der Waals surface area contributed by atoms with Crippen molar-refractivity contribution in [1.82, 2.24) is 9.88 Å². The highest BCUT2D eigenvalue weighted by atomic mass is 19.4. The molecule has 0 spiro atoms. The van der Waals surface area contributed by atoms with Crippen LogP contribution in [-0.4, -0.2) is 54.3 Å². The van der Waals surface area contributed by atoms with Gasteiger partial charge in [-0.1, -0.05) is 12.1 Å². The lowest BCUT2D eigenvalue weighted by atomic mass is 10.1. The zero-order chi connectivity index (χ0) is 21.0. The predicted molar refractivity (Wildman–Crippen MR) is 103 cm³/mol. The molecule has 1 fully saturated rings. The number of anilines is 2. The Morgan fingerprint density at radius 1 is 1.07 bits per heavy atom. The lowest BCUT2D eigenvalue weighted by Gasteiger charge is -2.35. The molecule has 2 aromatic rings. The lowest BCUT2D eigenvalue weighted by Crippen LogP contribution is -2.49. The molecule has 0 saturated carbocycles. The van der Waals surface area contributed by atoms with Crippen LogP contribution in [0.3, 0.4) is 0 Å². The molecular formula is C20H21F3N4O2. The molecule has 2 heterocycles. The highest BCUT2D eigenvalue weighted by Gasteiger charge is 2.31. The van der Waals surface area contributed by atoms with Crippen LogP contribution < -0.4 is 10.2 Å². The number of halogens is 3. The fourth-order valence-corrected chi connectivity index (χ4v) is 3.17. The van der Waals surface area contributed by atoms with Crippen molar-refractivity contribution in [2.75, 3.05) is 42.9 Å². The Bertz CT molecular complexity index is 876. The highest BCUT2D eigenvalue weighted by Crippen LogP contribution is 2.29. The molecule has 1 aromatic heterocycles. The molecule has 29 heavy (non-hydrogen) atoms. The van der Waals surface area contributed by atoms with Crippen molar-refractivity contribution in [1.29, 1.82) is 0 Å². The zero-order valence-corrected chi connectivity index (χ0v) is 15.9. The van der Waals surface area contributed by atoms with Gasteiger partial charge in [0.25, 0.3) is 0 Å². The fourth-order valence-electron chi connectivity index (χ4n) is 3.17. The van der Waals surface area contributed by atoms with Crippen molar-refractivity contribution in [3.63, 3.8) is 0 Å². The standard InChI is InChI=1S/C20H21F3N4O2/c1-14(28)16-4-2-3-5-17(16)25-19(29)13-26-8-10-27(11-9-26)18-7-6-15(12-24-18)20(21,22)23/h2-7,12H,8-11,13H2,1H3,(H,25,29). The topological polar surface area (TPSA) is 65.5 Å². The molecule has 0 radical (unpaired) electrons. The van der Waals surface area contributed by atoms with Crippen molar-refractivity contribution in [2.45, 2.75) is 13.1 Å². The van der Waals surface area contributed by atoms with Crippen molar-refractivity contribution in [2.24, 2.45) is 0 Å². The van der Waals surface area contributed by atoms with Gasteiger partial charge in [0.15, 0.2) is 5.78 Å². The number of piperazine rings is 1. The van der Waals surface area contributed by atoms with Gasteiger partial charge < -0.3 is 10.2 Å². The second-order valence-corrected chi connectivity index (χ2v) is 6.82. The van der Waals surface area contributed by atoms with E-state index in [1.165, 1.54) is 13.0 Å². The molecule has 6 nitrogen and oxygen atoms in total. The van der Waals surface area contributed by atoms with Crippen molar-refractivity contribution in [3.8, 4) is 0 Å². The Balaban J connectivity index is 1.52. The molecule has 9 heteroatoms. The van der Waals surface area contributed by atoms with Gasteiger partial charge >= 0.3 is 6.18 Å². The summed E-state index contributed by atoms with van der Waals surface area (Å²) in [5, 5.41) is 2.77. The van der Waals surface area contributed by atoms with Crippen LogP contribution in [-0.2, 0) is 11.0 Å². The predicted octanol–water partition coefficient (Wildman–Crippen LogP) is 3.06. The average Bonchev–Trinajstić information content (AvgIpc) is 2.68. The number of nitrogens with one attached hydrogen (secondary N) is 1. The molecule has 1 aromatic carbocycles. The van der Waals surface area contributed by atoms with Gasteiger partial charge in [-0.15, -0.1) is 0 Å². The molecule has 154 valence electrons. The van der Waals surface area contributed by atoms with Crippen LogP contribution in [0.5, 0.6) is 0 Å². The number of nitrogens with zero attached hydrogens (tertiary/aromatic N) is 3. The van der Waals surface area contributed by atoms with E-state index in [1.54, 1.807) is 24.3 Å². The molecule has 1 N–H and O–H groups in total. The molecule has 1 amide bonds. The van der Waals surface area contributed by atoms with Crippen LogP contribution in [0.4, 0.5) is 24.7 Å². The Kier molecular flexibility index (Phi) is 6.17. The summed E-state index contributed by atoms with van der Waals surface area (Å²) in [7, 11) is 0. The van der Waals surface area contributed by atoms with Gasteiger partial charge in [-0.05, 0) is 31.2 Å². The molecule has 1 aliphatic rings. The number of para-hydroxylation sites is 1. The Hall–Kier alpha value is -2.94. The molecule has 0 unspecified atom stereocenters. The number of alkyl halides is 3. The summed E-state index contributed by atoms with van der Waals surface area (Å²) in [6.45, 7) is 3.86. The summed E-state index contributed by atoms with van der Waals surface area (Å²) >= 11 is 0. The van der Waals surface area contributed by atoms with Gasteiger partial charge in [0.2, 0.25) is 5.91 Å². The van der Waals surface area contributed by atoms with Crippen LogP contribution in [0.2, 0.25) is 0 Å². The number of hydrogen-bond donors (Lipinski definition) is 1. The number of aromatic nitrogens is 1. The summed E-state index contributed by atoms with van der Waals surface area (Å²) in [6, 6.07) is 9.22. The second-order valence-electron chi connectivity index (χ2n) is 6.82. The zero-order valence-electron chi connectivity index (χ0n) is 15.9. The molecule has 3 rings (SSSR count). The quantitative estimate of drug-likeness (QED) is 0.774. The number of ketones is 1. The maximum atomic E-state index is 12.6. The number of carbonyl (C=O) groups excluding carboxylic acids is 2. The molecule has 0 aliphatic carbocycles. The van der Waals surface area contributed by atoms with E-state index < -0.39 is 11.7 Å². The molecule has 1 aliphatic heterocycles. The van der Waals surface area contributed by atoms with Gasteiger partial charge in [-0.2, -0.15) is 13.2 Å². The first kappa shape index (κ1) is 20.8. The number of Topliss-reactive ketones (excluding diaryl/α,β-unsaturated/α-hetero) is 1. The third kappa shape index (κ3) is 5.32. The monoisotopic (exact) mass is 406 g/mol. The number of benzene rings is 1. The lowest BCUT2D eigenvalue weighted by molar-refractivity contribution is -0.137. The van der Waals surface area contributed by atoms with E-state index in [0.717, 1.165) is 12.3 Å². The third-order valence-electron chi connectivity index (χ3n) is 4.72. The van der Waals surface area contributed by atoms with Crippen LogP contribution in [0.15, 0.2) is 42.6 Å². The van der Waals surface area contributed by atoms with Crippen LogP contribution in [0, 0.1) is 0 Å². The first-order valence-corrected chi connectivity index (χ1v) is 9.14. The SMILES string of the molecule is CC(=O)c1ccccc1NC(=O)CN1CCN(c2ccc(C(F)(F)F)cn2)CC1. The van der Waals surface area contributed by atoms with Gasteiger partial charge in [0, 0.05) is 37.9 Å². The van der Waals surface area contributed by atoms with Crippen LogP contribution >= 0.6 is 0 Å². The van der Waals surface area contributed by atoms with Crippen LogP contribution in [0.1, 0.15) is 22.8 Å². The normalized spacial score (nSPS) is 15.2. The van der Waals surface area contributed by atoms with Crippen molar-refractivity contribution in [3.05, 3.63) is 53.7 Å². The van der Waals surface area contributed by atoms with Crippen molar-refractivity contribution >= 4 is 23.2 Å². The summed E-state index contributed by atoms with van der Waals surface area (Å²) in [4.78, 5) is 31.7. The smallest absolute Gasteiger partial charge is 0.354 e. The minimum atomic E-state index is -4.40. The minimum absolute atomic E-state index is 0.126. The Morgan fingerprint density at radius 2 is 1.76 bits per heavy atom. The van der Waals surface area contributed by atoms with Crippen LogP contribution in [0.25, 0.3) is 0 Å². The molecule has 0 atom stereocenters. The van der Waals surface area contributed by atoms with E-state index in [9.17, 15) is 22.8 Å². The van der Waals surface area contributed by atoms with E-state index in [4.69, 9.17) is 0 Å². The molecule has 0 bridgehead atoms. The fraction of sp³-hybridized carbons (Fsp3) is 0.350. The van der Waals surface area contributed by atoms with Gasteiger partial charge in [-0.3, -0.25) is 14.5 Å². The molecular weight excluding hydrogens is 385 g/mol. The van der Waals surface area contributed by atoms with E-state index in [2.05, 4.69) is 10.3 Å². The van der Waals surface area contributed by atoms with Gasteiger partial charge in [-0.25, -0.2) is 4.98 Å². The Labute approximate surface area is 166 Å². The van der Waals surface area contributed by atoms with E-state index in [1.807, 2.05) is 9.80 Å².